The number of nitrogens with one attached hydrogen (secondary N) is 2. The predicted octanol–water partition coefficient (Wildman–Crippen LogP) is 3.66. The Kier molecular flexibility index (Phi) is 7.77. The maximum atomic E-state index is 12.8. The van der Waals surface area contributed by atoms with Crippen molar-refractivity contribution in [1.82, 2.24) is 10.6 Å². The number of amides is 3. The largest absolute Gasteiger partial charge is 0.449 e. The molecule has 0 aromatic heterocycles. The number of rotatable bonds is 6. The standard InChI is InChI=1S/C21H21ClN2O4/c1-3-23-21(27)24-19(25)14(2)28-20(26)18(13-15-7-5-4-6-8-15)16-9-11-17(22)12-10-16/h4-14H,3H2,1-2H3,(H2,23,24,25,27)/b18-13+. The molecular formula is C21H21ClN2O4. The number of halogens is 1. The number of carbonyl (C=O) groups excluding carboxylic acids is 3. The first kappa shape index (κ1) is 21.2. The molecule has 0 aliphatic rings. The van der Waals surface area contributed by atoms with Crippen LogP contribution in [0.3, 0.4) is 0 Å². The number of hydrogen-bond acceptors (Lipinski definition) is 4. The number of benzene rings is 2. The Labute approximate surface area is 168 Å². The van der Waals surface area contributed by atoms with Crippen LogP contribution in [0.1, 0.15) is 25.0 Å². The van der Waals surface area contributed by atoms with Crippen molar-refractivity contribution < 1.29 is 19.1 Å². The zero-order chi connectivity index (χ0) is 20.5. The smallest absolute Gasteiger partial charge is 0.339 e. The van der Waals surface area contributed by atoms with Crippen LogP contribution in [0.25, 0.3) is 11.6 Å². The van der Waals surface area contributed by atoms with Gasteiger partial charge in [0.15, 0.2) is 6.10 Å². The van der Waals surface area contributed by atoms with Crippen molar-refractivity contribution in [3.05, 3.63) is 70.7 Å². The summed E-state index contributed by atoms with van der Waals surface area (Å²) in [6, 6.07) is 15.3. The molecule has 2 rings (SSSR count). The third-order valence-corrected chi connectivity index (χ3v) is 3.96. The van der Waals surface area contributed by atoms with Gasteiger partial charge in [-0.3, -0.25) is 10.1 Å². The first-order valence-corrected chi connectivity index (χ1v) is 9.11. The summed E-state index contributed by atoms with van der Waals surface area (Å²) in [6.45, 7) is 3.49. The van der Waals surface area contributed by atoms with E-state index in [0.29, 0.717) is 17.1 Å². The average molecular weight is 401 g/mol. The van der Waals surface area contributed by atoms with Crippen LogP contribution in [0.4, 0.5) is 4.79 Å². The Balaban J connectivity index is 2.22. The van der Waals surface area contributed by atoms with Crippen LogP contribution >= 0.6 is 11.6 Å². The highest BCUT2D eigenvalue weighted by atomic mass is 35.5. The monoisotopic (exact) mass is 400 g/mol. The summed E-state index contributed by atoms with van der Waals surface area (Å²) in [5.74, 6) is -1.40. The molecule has 0 radical (unpaired) electrons. The van der Waals surface area contributed by atoms with E-state index < -0.39 is 24.0 Å². The highest BCUT2D eigenvalue weighted by Crippen LogP contribution is 2.22. The molecule has 6 nitrogen and oxygen atoms in total. The fraction of sp³-hybridized carbons (Fsp3) is 0.190. The van der Waals surface area contributed by atoms with Crippen LogP contribution in [-0.4, -0.2) is 30.6 Å². The third kappa shape index (κ3) is 6.25. The molecule has 0 aliphatic heterocycles. The summed E-state index contributed by atoms with van der Waals surface area (Å²) in [7, 11) is 0. The molecule has 3 amide bonds. The highest BCUT2D eigenvalue weighted by molar-refractivity contribution is 6.30. The van der Waals surface area contributed by atoms with Crippen LogP contribution in [0.2, 0.25) is 5.02 Å². The van der Waals surface area contributed by atoms with Crippen molar-refractivity contribution in [2.75, 3.05) is 6.54 Å². The van der Waals surface area contributed by atoms with Gasteiger partial charge in [0.05, 0.1) is 5.57 Å². The molecule has 2 aromatic rings. The fourth-order valence-corrected chi connectivity index (χ4v) is 2.43. The van der Waals surface area contributed by atoms with E-state index in [1.54, 1.807) is 37.3 Å². The SMILES string of the molecule is CCNC(=O)NC(=O)C(C)OC(=O)/C(=C/c1ccccc1)c1ccc(Cl)cc1. The number of ether oxygens (including phenoxy) is 1. The van der Waals surface area contributed by atoms with Gasteiger partial charge in [-0.25, -0.2) is 9.59 Å². The molecule has 7 heteroatoms. The molecule has 0 bridgehead atoms. The Morgan fingerprint density at radius 3 is 2.32 bits per heavy atom. The minimum absolute atomic E-state index is 0.264. The summed E-state index contributed by atoms with van der Waals surface area (Å²) in [4.78, 5) is 36.3. The highest BCUT2D eigenvalue weighted by Gasteiger charge is 2.22. The van der Waals surface area contributed by atoms with Gasteiger partial charge in [-0.2, -0.15) is 0 Å². The Hall–Kier alpha value is -3.12. The van der Waals surface area contributed by atoms with Gasteiger partial charge in [0.1, 0.15) is 0 Å². The van der Waals surface area contributed by atoms with Crippen LogP contribution in [0, 0.1) is 0 Å². The van der Waals surface area contributed by atoms with E-state index >= 15 is 0 Å². The van der Waals surface area contributed by atoms with Gasteiger partial charge < -0.3 is 10.1 Å². The predicted molar refractivity (Wildman–Crippen MR) is 109 cm³/mol. The van der Waals surface area contributed by atoms with E-state index in [4.69, 9.17) is 16.3 Å². The van der Waals surface area contributed by atoms with Crippen molar-refractivity contribution >= 4 is 41.2 Å². The van der Waals surface area contributed by atoms with Gasteiger partial charge in [0.25, 0.3) is 5.91 Å². The molecule has 0 fully saturated rings. The van der Waals surface area contributed by atoms with Crippen LogP contribution < -0.4 is 10.6 Å². The maximum Gasteiger partial charge on any atom is 0.339 e. The van der Waals surface area contributed by atoms with E-state index in [1.807, 2.05) is 30.3 Å². The van der Waals surface area contributed by atoms with Crippen molar-refractivity contribution in [2.45, 2.75) is 20.0 Å². The number of imide groups is 1. The van der Waals surface area contributed by atoms with Gasteiger partial charge in [0.2, 0.25) is 0 Å². The average Bonchev–Trinajstić information content (AvgIpc) is 2.67. The number of hydrogen-bond donors (Lipinski definition) is 2. The van der Waals surface area contributed by atoms with E-state index in [1.165, 1.54) is 6.92 Å². The minimum Gasteiger partial charge on any atom is -0.449 e. The zero-order valence-corrected chi connectivity index (χ0v) is 16.3. The van der Waals surface area contributed by atoms with E-state index in [9.17, 15) is 14.4 Å². The van der Waals surface area contributed by atoms with Gasteiger partial charge in [-0.05, 0) is 43.2 Å². The molecule has 28 heavy (non-hydrogen) atoms. The van der Waals surface area contributed by atoms with Crippen molar-refractivity contribution in [2.24, 2.45) is 0 Å². The molecule has 1 unspecified atom stereocenters. The van der Waals surface area contributed by atoms with Crippen molar-refractivity contribution in [1.29, 1.82) is 0 Å². The number of urea groups is 1. The first-order chi connectivity index (χ1) is 13.4. The normalized spacial score (nSPS) is 12.0. The Morgan fingerprint density at radius 1 is 1.07 bits per heavy atom. The number of carbonyl (C=O) groups is 3. The van der Waals surface area contributed by atoms with E-state index in [0.717, 1.165) is 5.56 Å². The van der Waals surface area contributed by atoms with Crippen LogP contribution in [0.15, 0.2) is 54.6 Å². The lowest BCUT2D eigenvalue weighted by Gasteiger charge is -2.15. The second-order valence-electron chi connectivity index (χ2n) is 5.87. The third-order valence-electron chi connectivity index (χ3n) is 3.71. The lowest BCUT2D eigenvalue weighted by atomic mass is 10.0. The minimum atomic E-state index is -1.15. The summed E-state index contributed by atoms with van der Waals surface area (Å²) in [5.41, 5.74) is 1.65. The van der Waals surface area contributed by atoms with Gasteiger partial charge in [0, 0.05) is 11.6 Å². The second kappa shape index (κ2) is 10.3. The lowest BCUT2D eigenvalue weighted by Crippen LogP contribution is -2.44. The molecular weight excluding hydrogens is 380 g/mol. The van der Waals surface area contributed by atoms with E-state index in [-0.39, 0.29) is 5.57 Å². The van der Waals surface area contributed by atoms with Gasteiger partial charge in [-0.15, -0.1) is 0 Å². The maximum absolute atomic E-state index is 12.8. The topological polar surface area (TPSA) is 84.5 Å². The molecule has 0 spiro atoms. The number of esters is 1. The Bertz CT molecular complexity index is 864. The fourth-order valence-electron chi connectivity index (χ4n) is 2.30. The first-order valence-electron chi connectivity index (χ1n) is 8.73. The summed E-state index contributed by atoms with van der Waals surface area (Å²) in [6.07, 6.45) is 0.515. The van der Waals surface area contributed by atoms with Crippen molar-refractivity contribution in [3.63, 3.8) is 0 Å². The molecule has 1 atom stereocenters. The molecule has 146 valence electrons. The lowest BCUT2D eigenvalue weighted by molar-refractivity contribution is -0.148. The van der Waals surface area contributed by atoms with Gasteiger partial charge in [-0.1, -0.05) is 54.1 Å². The van der Waals surface area contributed by atoms with Crippen LogP contribution in [0.5, 0.6) is 0 Å². The van der Waals surface area contributed by atoms with E-state index in [2.05, 4.69) is 10.6 Å². The summed E-state index contributed by atoms with van der Waals surface area (Å²) >= 11 is 5.93. The van der Waals surface area contributed by atoms with Gasteiger partial charge >= 0.3 is 12.0 Å². The second-order valence-corrected chi connectivity index (χ2v) is 6.31. The molecule has 0 saturated heterocycles. The molecule has 0 aliphatic carbocycles. The molecule has 2 N–H and O–H groups in total. The quantitative estimate of drug-likeness (QED) is 0.440. The molecule has 2 aromatic carbocycles. The zero-order valence-electron chi connectivity index (χ0n) is 15.6. The van der Waals surface area contributed by atoms with Crippen molar-refractivity contribution in [3.8, 4) is 0 Å². The van der Waals surface area contributed by atoms with Crippen LogP contribution in [-0.2, 0) is 14.3 Å². The Morgan fingerprint density at radius 2 is 1.71 bits per heavy atom. The summed E-state index contributed by atoms with van der Waals surface area (Å²) < 4.78 is 5.28. The molecule has 0 heterocycles. The summed E-state index contributed by atoms with van der Waals surface area (Å²) in [5, 5.41) is 5.09. The molecule has 0 saturated carbocycles.